The molecule has 0 bridgehead atoms. The normalized spacial score (nSPS) is 22.2. The minimum atomic E-state index is -0.650. The molecule has 224 valence electrons. The zero-order chi connectivity index (χ0) is 30.2. The summed E-state index contributed by atoms with van der Waals surface area (Å²) in [6.45, 7) is 2.95. The van der Waals surface area contributed by atoms with Crippen LogP contribution in [0.15, 0.2) is 48.7 Å². The smallest absolute Gasteiger partial charge is 0.255 e. The van der Waals surface area contributed by atoms with Gasteiger partial charge in [0.05, 0.1) is 12.3 Å². The SMILES string of the molecule is COC[C@@H]1CN(Cc2cc3ccc(C(=O)N(C)C)cc3cn2)C[C@H]1Oc1ccc2c(c1)CN([C@H]1CCC(=O)NC1=O)C2=O. The molecule has 3 aliphatic heterocycles. The summed E-state index contributed by atoms with van der Waals surface area (Å²) in [4.78, 5) is 59.4. The van der Waals surface area contributed by atoms with Crippen LogP contribution in [0.1, 0.15) is 44.8 Å². The lowest BCUT2D eigenvalue weighted by molar-refractivity contribution is -0.136. The van der Waals surface area contributed by atoms with Crippen LogP contribution in [-0.4, -0.2) is 96.4 Å². The van der Waals surface area contributed by atoms with Gasteiger partial charge in [-0.2, -0.15) is 0 Å². The second-order valence-corrected chi connectivity index (χ2v) is 11.7. The third-order valence-electron chi connectivity index (χ3n) is 8.44. The van der Waals surface area contributed by atoms with E-state index >= 15 is 0 Å². The number of amides is 4. The van der Waals surface area contributed by atoms with E-state index in [-0.39, 0.29) is 36.2 Å². The van der Waals surface area contributed by atoms with Gasteiger partial charge in [-0.25, -0.2) is 0 Å². The van der Waals surface area contributed by atoms with E-state index in [4.69, 9.17) is 9.47 Å². The Hall–Kier alpha value is -4.35. The fraction of sp³-hybridized carbons (Fsp3) is 0.406. The summed E-state index contributed by atoms with van der Waals surface area (Å²) in [6.07, 6.45) is 2.24. The predicted octanol–water partition coefficient (Wildman–Crippen LogP) is 2.22. The summed E-state index contributed by atoms with van der Waals surface area (Å²) in [5.74, 6) is -0.173. The lowest BCUT2D eigenvalue weighted by Gasteiger charge is -2.29. The van der Waals surface area contributed by atoms with Gasteiger partial charge in [-0.3, -0.25) is 34.4 Å². The molecule has 11 heteroatoms. The molecule has 0 unspecified atom stereocenters. The third-order valence-corrected chi connectivity index (χ3v) is 8.44. The maximum absolute atomic E-state index is 13.1. The molecule has 3 aromatic rings. The van der Waals surface area contributed by atoms with Gasteiger partial charge in [-0.1, -0.05) is 6.07 Å². The molecule has 43 heavy (non-hydrogen) atoms. The lowest BCUT2D eigenvalue weighted by atomic mass is 10.0. The molecule has 1 aromatic heterocycles. The number of nitrogens with zero attached hydrogens (tertiary/aromatic N) is 4. The number of ether oxygens (including phenoxy) is 2. The minimum absolute atomic E-state index is 0.0418. The molecule has 4 heterocycles. The average molecular weight is 586 g/mol. The highest BCUT2D eigenvalue weighted by atomic mass is 16.5. The average Bonchev–Trinajstić information content (AvgIpc) is 3.51. The number of carbonyl (C=O) groups excluding carboxylic acids is 4. The number of nitrogens with one attached hydrogen (secondary N) is 1. The summed E-state index contributed by atoms with van der Waals surface area (Å²) in [5.41, 5.74) is 2.93. The zero-order valence-corrected chi connectivity index (χ0v) is 24.5. The number of methoxy groups -OCH3 is 1. The van der Waals surface area contributed by atoms with E-state index in [9.17, 15) is 19.2 Å². The monoisotopic (exact) mass is 585 g/mol. The second kappa shape index (κ2) is 11.7. The standard InChI is InChI=1S/C32H35N5O6/c1-35(2)31(40)20-5-4-19-11-24(33-13-21(19)10-20)16-36-14-23(18-42-3)28(17-36)43-25-6-7-26-22(12-25)15-37(32(26)41)27-8-9-29(38)34-30(27)39/h4-7,10-13,23,27-28H,8-9,14-18H2,1-3H3,(H,34,38,39)/t23-,27-,28+/m0/s1. The number of pyridine rings is 1. The van der Waals surface area contributed by atoms with Crippen LogP contribution < -0.4 is 10.1 Å². The summed E-state index contributed by atoms with van der Waals surface area (Å²) >= 11 is 0. The molecule has 0 saturated carbocycles. The fourth-order valence-corrected chi connectivity index (χ4v) is 6.26. The number of rotatable bonds is 8. The first-order chi connectivity index (χ1) is 20.7. The first kappa shape index (κ1) is 28.8. The highest BCUT2D eigenvalue weighted by molar-refractivity contribution is 6.05. The van der Waals surface area contributed by atoms with Crippen LogP contribution in [0.3, 0.4) is 0 Å². The van der Waals surface area contributed by atoms with E-state index in [0.717, 1.165) is 28.6 Å². The van der Waals surface area contributed by atoms with Gasteiger partial charge in [0.25, 0.3) is 11.8 Å². The Kier molecular flexibility index (Phi) is 7.85. The van der Waals surface area contributed by atoms with Gasteiger partial charge in [-0.15, -0.1) is 0 Å². The Labute approximate surface area is 249 Å². The summed E-state index contributed by atoms with van der Waals surface area (Å²) in [5, 5.41) is 4.29. The molecular formula is C32H35N5O6. The van der Waals surface area contributed by atoms with Gasteiger partial charge in [0.1, 0.15) is 17.9 Å². The highest BCUT2D eigenvalue weighted by Gasteiger charge is 2.40. The van der Waals surface area contributed by atoms with Crippen molar-refractivity contribution in [1.82, 2.24) is 25.0 Å². The number of likely N-dealkylation sites (tertiary alicyclic amines) is 1. The van der Waals surface area contributed by atoms with Crippen LogP contribution in [0.4, 0.5) is 0 Å². The van der Waals surface area contributed by atoms with Crippen molar-refractivity contribution in [2.75, 3.05) is 40.9 Å². The molecule has 6 rings (SSSR count). The van der Waals surface area contributed by atoms with Gasteiger partial charge in [0, 0.05) is 82.4 Å². The van der Waals surface area contributed by atoms with Crippen molar-refractivity contribution in [2.45, 2.75) is 38.1 Å². The Morgan fingerprint density at radius 2 is 1.91 bits per heavy atom. The number of hydrogen-bond acceptors (Lipinski definition) is 8. The second-order valence-electron chi connectivity index (χ2n) is 11.7. The van der Waals surface area contributed by atoms with E-state index in [2.05, 4.69) is 21.3 Å². The molecular weight excluding hydrogens is 550 g/mol. The van der Waals surface area contributed by atoms with Gasteiger partial charge in [0.2, 0.25) is 11.8 Å². The maximum atomic E-state index is 13.1. The van der Waals surface area contributed by atoms with Crippen molar-refractivity contribution in [1.29, 1.82) is 0 Å². The molecule has 2 aromatic carbocycles. The van der Waals surface area contributed by atoms with Crippen LogP contribution >= 0.6 is 0 Å². The number of aromatic nitrogens is 1. The van der Waals surface area contributed by atoms with Crippen molar-refractivity contribution < 1.29 is 28.7 Å². The number of benzene rings is 2. The van der Waals surface area contributed by atoms with Crippen LogP contribution in [0.2, 0.25) is 0 Å². The summed E-state index contributed by atoms with van der Waals surface area (Å²) < 4.78 is 12.0. The van der Waals surface area contributed by atoms with Crippen molar-refractivity contribution in [3.63, 3.8) is 0 Å². The molecule has 2 fully saturated rings. The number of piperidine rings is 1. The number of fused-ring (bicyclic) bond motifs is 2. The third kappa shape index (κ3) is 5.82. The molecule has 2 saturated heterocycles. The number of carbonyl (C=O) groups is 4. The molecule has 1 N–H and O–H groups in total. The maximum Gasteiger partial charge on any atom is 0.255 e. The molecule has 0 spiro atoms. The van der Waals surface area contributed by atoms with E-state index < -0.39 is 11.9 Å². The Morgan fingerprint density at radius 1 is 1.07 bits per heavy atom. The van der Waals surface area contributed by atoms with Crippen LogP contribution in [-0.2, 0) is 27.4 Å². The molecule has 3 aliphatic rings. The van der Waals surface area contributed by atoms with Gasteiger partial charge >= 0.3 is 0 Å². The largest absolute Gasteiger partial charge is 0.489 e. The molecule has 11 nitrogen and oxygen atoms in total. The lowest BCUT2D eigenvalue weighted by Crippen LogP contribution is -2.52. The fourth-order valence-electron chi connectivity index (χ4n) is 6.26. The quantitative estimate of drug-likeness (QED) is 0.400. The highest BCUT2D eigenvalue weighted by Crippen LogP contribution is 2.32. The Bertz CT molecular complexity index is 1610. The van der Waals surface area contributed by atoms with E-state index in [1.165, 1.54) is 0 Å². The first-order valence-corrected chi connectivity index (χ1v) is 14.5. The topological polar surface area (TPSA) is 121 Å². The van der Waals surface area contributed by atoms with Crippen LogP contribution in [0, 0.1) is 5.92 Å². The van der Waals surface area contributed by atoms with Crippen molar-refractivity contribution in [2.24, 2.45) is 5.92 Å². The number of hydrogen-bond donors (Lipinski definition) is 1. The van der Waals surface area contributed by atoms with Crippen molar-refractivity contribution >= 4 is 34.4 Å². The van der Waals surface area contributed by atoms with Gasteiger partial charge in [0.15, 0.2) is 0 Å². The van der Waals surface area contributed by atoms with E-state index in [1.807, 2.05) is 30.5 Å². The molecule has 0 radical (unpaired) electrons. The van der Waals surface area contributed by atoms with Crippen molar-refractivity contribution in [3.05, 3.63) is 71.0 Å². The van der Waals surface area contributed by atoms with Crippen LogP contribution in [0.5, 0.6) is 5.75 Å². The van der Waals surface area contributed by atoms with Gasteiger partial charge in [-0.05, 0) is 53.8 Å². The van der Waals surface area contributed by atoms with Crippen molar-refractivity contribution in [3.8, 4) is 5.75 Å². The van der Waals surface area contributed by atoms with Crippen LogP contribution in [0.25, 0.3) is 10.8 Å². The van der Waals surface area contributed by atoms with E-state index in [0.29, 0.717) is 49.5 Å². The Morgan fingerprint density at radius 3 is 2.67 bits per heavy atom. The van der Waals surface area contributed by atoms with E-state index in [1.54, 1.807) is 43.1 Å². The zero-order valence-electron chi connectivity index (χ0n) is 24.5. The number of imide groups is 1. The minimum Gasteiger partial charge on any atom is -0.489 e. The first-order valence-electron chi connectivity index (χ1n) is 14.5. The van der Waals surface area contributed by atoms with Gasteiger partial charge < -0.3 is 19.3 Å². The predicted molar refractivity (Wildman–Crippen MR) is 157 cm³/mol. The molecule has 4 amide bonds. The molecule has 0 aliphatic carbocycles. The Balaban J connectivity index is 1.12. The summed E-state index contributed by atoms with van der Waals surface area (Å²) in [7, 11) is 5.16. The summed E-state index contributed by atoms with van der Waals surface area (Å²) in [6, 6.07) is 12.5. The molecule has 3 atom stereocenters.